The number of rotatable bonds is 2. The first-order valence-electron chi connectivity index (χ1n) is 6.34. The Hall–Kier alpha value is -3.01. The number of carbonyl (C=O) groups excluding carboxylic acids is 3. The van der Waals surface area contributed by atoms with Crippen molar-refractivity contribution in [3.8, 4) is 0 Å². The molecule has 0 aromatic heterocycles. The molecule has 4 nitrogen and oxygen atoms in total. The first-order valence-corrected chi connectivity index (χ1v) is 6.34. The Morgan fingerprint density at radius 3 is 1.33 bits per heavy atom. The highest BCUT2D eigenvalue weighted by Crippen LogP contribution is 2.08. The molecule has 2 aromatic carbocycles. The Bertz CT molecular complexity index is 618. The summed E-state index contributed by atoms with van der Waals surface area (Å²) in [7, 11) is 0. The number of nitrogens with one attached hydrogen (secondary N) is 1. The van der Waals surface area contributed by atoms with E-state index in [9.17, 15) is 14.4 Å². The molecule has 21 heavy (non-hydrogen) atoms. The molecule has 0 saturated heterocycles. The fourth-order valence-electron chi connectivity index (χ4n) is 1.70. The van der Waals surface area contributed by atoms with E-state index in [1.807, 2.05) is 66.0 Å². The maximum Gasteiger partial charge on any atom is 0.250 e. The van der Waals surface area contributed by atoms with Gasteiger partial charge in [0.05, 0.1) is 0 Å². The minimum absolute atomic E-state index is 0.0752. The SMILES string of the molecule is O=C(c1ccccc1)c1ccccc1.O=C1C=CC(=O)N1. The van der Waals surface area contributed by atoms with Gasteiger partial charge in [0.1, 0.15) is 0 Å². The summed E-state index contributed by atoms with van der Waals surface area (Å²) in [5.74, 6) is -0.582. The van der Waals surface area contributed by atoms with Crippen LogP contribution < -0.4 is 5.32 Å². The molecule has 0 spiro atoms. The van der Waals surface area contributed by atoms with Gasteiger partial charge in [0.2, 0.25) is 0 Å². The second kappa shape index (κ2) is 6.96. The number of benzene rings is 2. The Morgan fingerprint density at radius 1 is 0.667 bits per heavy atom. The van der Waals surface area contributed by atoms with Crippen molar-refractivity contribution in [2.24, 2.45) is 0 Å². The first kappa shape index (κ1) is 14.4. The van der Waals surface area contributed by atoms with Crippen LogP contribution in [-0.2, 0) is 9.59 Å². The second-order valence-electron chi connectivity index (χ2n) is 4.25. The zero-order valence-electron chi connectivity index (χ0n) is 11.2. The van der Waals surface area contributed by atoms with Gasteiger partial charge in [-0.05, 0) is 0 Å². The monoisotopic (exact) mass is 279 g/mol. The Balaban J connectivity index is 0.000000194. The maximum atomic E-state index is 11.8. The van der Waals surface area contributed by atoms with Crippen LogP contribution >= 0.6 is 0 Å². The third-order valence-corrected chi connectivity index (χ3v) is 2.70. The van der Waals surface area contributed by atoms with E-state index in [2.05, 4.69) is 0 Å². The van der Waals surface area contributed by atoms with Crippen LogP contribution in [0.2, 0.25) is 0 Å². The molecule has 1 heterocycles. The molecule has 0 radical (unpaired) electrons. The van der Waals surface area contributed by atoms with Gasteiger partial charge in [-0.2, -0.15) is 0 Å². The molecule has 4 heteroatoms. The van der Waals surface area contributed by atoms with Gasteiger partial charge in [0.25, 0.3) is 11.8 Å². The maximum absolute atomic E-state index is 11.8. The molecule has 1 aliphatic heterocycles. The van der Waals surface area contributed by atoms with Crippen molar-refractivity contribution in [2.45, 2.75) is 0 Å². The largest absolute Gasteiger partial charge is 0.289 e. The highest BCUT2D eigenvalue weighted by molar-refractivity contribution is 6.12. The first-order chi connectivity index (χ1) is 10.2. The van der Waals surface area contributed by atoms with E-state index in [1.54, 1.807) is 0 Å². The van der Waals surface area contributed by atoms with Crippen LogP contribution in [0.4, 0.5) is 0 Å². The summed E-state index contributed by atoms with van der Waals surface area (Å²) >= 11 is 0. The number of carbonyl (C=O) groups is 3. The average molecular weight is 279 g/mol. The number of hydrogen-bond acceptors (Lipinski definition) is 3. The van der Waals surface area contributed by atoms with E-state index in [4.69, 9.17) is 0 Å². The van der Waals surface area contributed by atoms with Crippen LogP contribution in [0, 0.1) is 0 Å². The van der Waals surface area contributed by atoms with Crippen molar-refractivity contribution in [3.63, 3.8) is 0 Å². The normalized spacial score (nSPS) is 12.4. The fourth-order valence-corrected chi connectivity index (χ4v) is 1.70. The molecule has 1 aliphatic rings. The number of imide groups is 1. The van der Waals surface area contributed by atoms with E-state index in [0.29, 0.717) is 0 Å². The molecule has 2 aromatic rings. The van der Waals surface area contributed by atoms with E-state index in [-0.39, 0.29) is 17.6 Å². The lowest BCUT2D eigenvalue weighted by Gasteiger charge is -1.99. The molecular weight excluding hydrogens is 266 g/mol. The van der Waals surface area contributed by atoms with Crippen molar-refractivity contribution in [3.05, 3.63) is 83.9 Å². The van der Waals surface area contributed by atoms with Crippen LogP contribution in [0.5, 0.6) is 0 Å². The van der Waals surface area contributed by atoms with E-state index < -0.39 is 0 Å². The van der Waals surface area contributed by atoms with Crippen LogP contribution in [0.15, 0.2) is 72.8 Å². The molecule has 3 rings (SSSR count). The lowest BCUT2D eigenvalue weighted by atomic mass is 10.0. The highest BCUT2D eigenvalue weighted by Gasteiger charge is 2.07. The molecule has 2 amide bonds. The highest BCUT2D eigenvalue weighted by atomic mass is 16.2. The van der Waals surface area contributed by atoms with Gasteiger partial charge in [0.15, 0.2) is 5.78 Å². The standard InChI is InChI=1S/C13H10O.C4H3NO2/c14-13(11-7-3-1-4-8-11)12-9-5-2-6-10-12;6-3-1-2-4(7)5-3/h1-10H;1-2H,(H,5,6,7). The Kier molecular flexibility index (Phi) is 4.77. The zero-order chi connectivity index (χ0) is 15.1. The van der Waals surface area contributed by atoms with Gasteiger partial charge in [-0.3, -0.25) is 19.7 Å². The van der Waals surface area contributed by atoms with Crippen molar-refractivity contribution in [1.82, 2.24) is 5.32 Å². The summed E-state index contributed by atoms with van der Waals surface area (Å²) in [5.41, 5.74) is 1.47. The predicted octanol–water partition coefficient (Wildman–Crippen LogP) is 2.12. The Morgan fingerprint density at radius 2 is 1.05 bits per heavy atom. The number of ketones is 1. The molecule has 0 atom stereocenters. The number of amides is 2. The summed E-state index contributed by atoms with van der Waals surface area (Å²) in [5, 5.41) is 2.03. The summed E-state index contributed by atoms with van der Waals surface area (Å²) in [6.45, 7) is 0. The topological polar surface area (TPSA) is 63.2 Å². The number of hydrogen-bond donors (Lipinski definition) is 1. The van der Waals surface area contributed by atoms with Crippen LogP contribution in [0.3, 0.4) is 0 Å². The van der Waals surface area contributed by atoms with Crippen LogP contribution in [0.25, 0.3) is 0 Å². The summed E-state index contributed by atoms with van der Waals surface area (Å²) in [4.78, 5) is 31.9. The predicted molar refractivity (Wildman–Crippen MR) is 78.6 cm³/mol. The molecule has 104 valence electrons. The van der Waals surface area contributed by atoms with Gasteiger partial charge in [0, 0.05) is 23.3 Å². The van der Waals surface area contributed by atoms with Gasteiger partial charge in [-0.1, -0.05) is 60.7 Å². The van der Waals surface area contributed by atoms with Gasteiger partial charge in [-0.15, -0.1) is 0 Å². The molecular formula is C17H13NO3. The molecule has 0 unspecified atom stereocenters. The smallest absolute Gasteiger partial charge is 0.250 e. The minimum atomic E-state index is -0.329. The third kappa shape index (κ3) is 4.24. The lowest BCUT2D eigenvalue weighted by molar-refractivity contribution is -0.123. The summed E-state index contributed by atoms with van der Waals surface area (Å²) in [6, 6.07) is 18.6. The van der Waals surface area contributed by atoms with Crippen molar-refractivity contribution >= 4 is 17.6 Å². The molecule has 0 bridgehead atoms. The van der Waals surface area contributed by atoms with Crippen molar-refractivity contribution in [2.75, 3.05) is 0 Å². The van der Waals surface area contributed by atoms with Crippen LogP contribution in [-0.4, -0.2) is 17.6 Å². The molecule has 0 aliphatic carbocycles. The van der Waals surface area contributed by atoms with E-state index in [1.165, 1.54) is 12.2 Å². The van der Waals surface area contributed by atoms with Crippen LogP contribution in [0.1, 0.15) is 15.9 Å². The molecule has 0 fully saturated rings. The zero-order valence-corrected chi connectivity index (χ0v) is 11.2. The minimum Gasteiger partial charge on any atom is -0.289 e. The van der Waals surface area contributed by atoms with E-state index >= 15 is 0 Å². The summed E-state index contributed by atoms with van der Waals surface area (Å²) in [6.07, 6.45) is 2.39. The lowest BCUT2D eigenvalue weighted by Crippen LogP contribution is -2.19. The van der Waals surface area contributed by atoms with Gasteiger partial charge < -0.3 is 0 Å². The van der Waals surface area contributed by atoms with Gasteiger partial charge >= 0.3 is 0 Å². The van der Waals surface area contributed by atoms with Crippen molar-refractivity contribution < 1.29 is 14.4 Å². The average Bonchev–Trinajstić information content (AvgIpc) is 2.92. The second-order valence-corrected chi connectivity index (χ2v) is 4.25. The van der Waals surface area contributed by atoms with Crippen molar-refractivity contribution in [1.29, 1.82) is 0 Å². The fraction of sp³-hybridized carbons (Fsp3) is 0. The Labute approximate surface area is 122 Å². The quantitative estimate of drug-likeness (QED) is 0.676. The third-order valence-electron chi connectivity index (χ3n) is 2.70. The molecule has 1 N–H and O–H groups in total. The summed E-state index contributed by atoms with van der Waals surface area (Å²) < 4.78 is 0. The van der Waals surface area contributed by atoms with Gasteiger partial charge in [-0.25, -0.2) is 0 Å². The van der Waals surface area contributed by atoms with E-state index in [0.717, 1.165) is 11.1 Å². The molecule has 0 saturated carbocycles.